The average molecular weight is 430 g/mol. The van der Waals surface area contributed by atoms with Crippen molar-refractivity contribution in [1.29, 1.82) is 0 Å². The maximum Gasteiger partial charge on any atom is 0.277 e. The number of hydrogen-bond acceptors (Lipinski definition) is 4. The first-order valence-corrected chi connectivity index (χ1v) is 12.0. The van der Waals surface area contributed by atoms with E-state index in [0.29, 0.717) is 12.5 Å². The number of hydrogen-bond donors (Lipinski definition) is 1. The van der Waals surface area contributed by atoms with E-state index in [2.05, 4.69) is 34.5 Å². The molecule has 0 radical (unpaired) electrons. The fourth-order valence-electron chi connectivity index (χ4n) is 4.88. The number of carbonyl (C=O) groups is 1. The number of fused-ring (bicyclic) bond motifs is 1. The fraction of sp³-hybridized carbons (Fsp3) is 0.542. The molecule has 5 nitrogen and oxygen atoms in total. The Labute approximate surface area is 183 Å². The van der Waals surface area contributed by atoms with E-state index in [1.54, 1.807) is 25.6 Å². The zero-order valence-corrected chi connectivity index (χ0v) is 18.9. The molecule has 1 aromatic heterocycles. The summed E-state index contributed by atoms with van der Waals surface area (Å²) in [7, 11) is 3.37. The number of nitrogens with zero attached hydrogens (tertiary/aromatic N) is 1. The van der Waals surface area contributed by atoms with Crippen molar-refractivity contribution < 1.29 is 19.2 Å². The number of benzene rings is 1. The first-order chi connectivity index (χ1) is 14.7. The van der Waals surface area contributed by atoms with E-state index >= 15 is 0 Å². The highest BCUT2D eigenvalue weighted by atomic mass is 32.1. The van der Waals surface area contributed by atoms with Crippen LogP contribution in [0.3, 0.4) is 0 Å². The van der Waals surface area contributed by atoms with Crippen LogP contribution in [0.25, 0.3) is 0 Å². The van der Waals surface area contributed by atoms with Crippen molar-refractivity contribution in [2.75, 3.05) is 40.4 Å². The third kappa shape index (κ3) is 4.49. The van der Waals surface area contributed by atoms with Crippen LogP contribution < -0.4 is 14.4 Å². The molecule has 0 bridgehead atoms. The van der Waals surface area contributed by atoms with Gasteiger partial charge in [-0.25, -0.2) is 0 Å². The van der Waals surface area contributed by atoms with Crippen LogP contribution in [0.4, 0.5) is 0 Å². The number of amides is 1. The molecule has 1 saturated heterocycles. The van der Waals surface area contributed by atoms with Gasteiger partial charge in [0.05, 0.1) is 25.6 Å². The third-order valence-electron chi connectivity index (χ3n) is 6.49. The molecule has 162 valence electrons. The van der Waals surface area contributed by atoms with Gasteiger partial charge < -0.3 is 19.3 Å². The molecule has 0 aliphatic carbocycles. The average Bonchev–Trinajstić information content (AvgIpc) is 3.26. The summed E-state index contributed by atoms with van der Waals surface area (Å²) < 4.78 is 11.1. The zero-order chi connectivity index (χ0) is 20.9. The van der Waals surface area contributed by atoms with Crippen LogP contribution in [0.2, 0.25) is 0 Å². The highest BCUT2D eigenvalue weighted by Crippen LogP contribution is 2.37. The van der Waals surface area contributed by atoms with Gasteiger partial charge in [0.2, 0.25) is 0 Å². The molecule has 2 aromatic rings. The molecule has 1 unspecified atom stereocenters. The zero-order valence-electron chi connectivity index (χ0n) is 18.1. The molecular formula is C24H33N2O3S+. The molecule has 2 aliphatic rings. The summed E-state index contributed by atoms with van der Waals surface area (Å²) in [6.45, 7) is 3.33. The molecule has 1 N–H and O–H groups in total. The first kappa shape index (κ1) is 21.2. The van der Waals surface area contributed by atoms with Crippen LogP contribution in [0.1, 0.15) is 54.1 Å². The largest absolute Gasteiger partial charge is 0.493 e. The number of ether oxygens (including phenoxy) is 2. The molecule has 4 rings (SSSR count). The van der Waals surface area contributed by atoms with Crippen LogP contribution in [-0.2, 0) is 11.2 Å². The van der Waals surface area contributed by atoms with Gasteiger partial charge in [-0.3, -0.25) is 4.79 Å². The lowest BCUT2D eigenvalue weighted by atomic mass is 9.90. The van der Waals surface area contributed by atoms with Crippen molar-refractivity contribution in [3.05, 3.63) is 45.6 Å². The van der Waals surface area contributed by atoms with Gasteiger partial charge in [-0.2, -0.15) is 0 Å². The summed E-state index contributed by atoms with van der Waals surface area (Å²) in [6, 6.07) is 8.70. The normalized spacial score (nSPS) is 22.0. The van der Waals surface area contributed by atoms with Gasteiger partial charge in [-0.05, 0) is 42.0 Å². The number of rotatable bonds is 5. The standard InChI is InChI=1S/C24H32N2O3S/c1-28-20-15-18-10-13-26(17-23(27)25-11-6-4-3-5-7-12-25)24(22-9-8-14-30-22)19(18)16-21(20)29-2/h8-9,14-16,24H,3-7,10-13,17H2,1-2H3/p+1/t24-/m0/s1. The number of quaternary nitrogens is 1. The lowest BCUT2D eigenvalue weighted by Crippen LogP contribution is -3.14. The van der Waals surface area contributed by atoms with Gasteiger partial charge >= 0.3 is 0 Å². The third-order valence-corrected chi connectivity index (χ3v) is 7.43. The lowest BCUT2D eigenvalue weighted by molar-refractivity contribution is -0.920. The molecule has 3 heterocycles. The van der Waals surface area contributed by atoms with Gasteiger partial charge in [0, 0.05) is 25.1 Å². The van der Waals surface area contributed by atoms with Crippen LogP contribution in [0.5, 0.6) is 11.5 Å². The van der Waals surface area contributed by atoms with E-state index in [0.717, 1.165) is 50.4 Å². The summed E-state index contributed by atoms with van der Waals surface area (Å²) in [6.07, 6.45) is 7.01. The molecule has 1 fully saturated rings. The molecule has 2 aliphatic heterocycles. The van der Waals surface area contributed by atoms with Crippen LogP contribution in [-0.4, -0.2) is 51.2 Å². The minimum Gasteiger partial charge on any atom is -0.493 e. The highest BCUT2D eigenvalue weighted by molar-refractivity contribution is 7.10. The number of likely N-dealkylation sites (tertiary alicyclic amines) is 1. The molecular weight excluding hydrogens is 396 g/mol. The predicted octanol–water partition coefficient (Wildman–Crippen LogP) is 3.09. The maximum atomic E-state index is 13.2. The highest BCUT2D eigenvalue weighted by Gasteiger charge is 2.36. The Morgan fingerprint density at radius 3 is 2.47 bits per heavy atom. The number of methoxy groups -OCH3 is 2. The minimum absolute atomic E-state index is 0.160. The molecule has 2 atom stereocenters. The van der Waals surface area contributed by atoms with Gasteiger partial charge in [-0.15, -0.1) is 11.3 Å². The first-order valence-electron chi connectivity index (χ1n) is 11.1. The summed E-state index contributed by atoms with van der Waals surface area (Å²) in [4.78, 5) is 18.0. The van der Waals surface area contributed by atoms with Crippen molar-refractivity contribution in [2.24, 2.45) is 0 Å². The van der Waals surface area contributed by atoms with Gasteiger partial charge in [0.25, 0.3) is 5.91 Å². The molecule has 0 saturated carbocycles. The SMILES string of the molecule is COc1cc2c(cc1OC)[C@@H](c1cccs1)[NH+](CC(=O)N1CCCCCCC1)CC2. The second kappa shape index (κ2) is 9.84. The Morgan fingerprint density at radius 2 is 1.80 bits per heavy atom. The monoisotopic (exact) mass is 429 g/mol. The van der Waals surface area contributed by atoms with E-state index in [1.165, 1.54) is 40.2 Å². The fourth-order valence-corrected chi connectivity index (χ4v) is 5.79. The lowest BCUT2D eigenvalue weighted by Gasteiger charge is -2.35. The number of thiophene rings is 1. The van der Waals surface area contributed by atoms with Crippen molar-refractivity contribution >= 4 is 17.2 Å². The Balaban J connectivity index is 1.61. The Bertz CT molecular complexity index is 844. The predicted molar refractivity (Wildman–Crippen MR) is 120 cm³/mol. The Hall–Kier alpha value is -2.05. The number of carbonyl (C=O) groups excluding carboxylic acids is 1. The van der Waals surface area contributed by atoms with Gasteiger partial charge in [0.1, 0.15) is 6.04 Å². The molecule has 6 heteroatoms. The van der Waals surface area contributed by atoms with Crippen LogP contribution in [0, 0.1) is 0 Å². The molecule has 0 spiro atoms. The second-order valence-electron chi connectivity index (χ2n) is 8.34. The van der Waals surface area contributed by atoms with Crippen molar-refractivity contribution in [2.45, 2.75) is 44.6 Å². The second-order valence-corrected chi connectivity index (χ2v) is 9.32. The van der Waals surface area contributed by atoms with Crippen molar-refractivity contribution in [3.63, 3.8) is 0 Å². The summed E-state index contributed by atoms with van der Waals surface area (Å²) >= 11 is 1.77. The van der Waals surface area contributed by atoms with Crippen molar-refractivity contribution in [3.8, 4) is 11.5 Å². The Kier molecular flexibility index (Phi) is 6.95. The minimum atomic E-state index is 0.160. The smallest absolute Gasteiger partial charge is 0.277 e. The topological polar surface area (TPSA) is 43.2 Å². The van der Waals surface area contributed by atoms with Crippen molar-refractivity contribution in [1.82, 2.24) is 4.90 Å². The molecule has 30 heavy (non-hydrogen) atoms. The van der Waals surface area contributed by atoms with E-state index in [4.69, 9.17) is 9.47 Å². The Morgan fingerprint density at radius 1 is 1.10 bits per heavy atom. The number of nitrogens with one attached hydrogen (secondary N) is 1. The summed E-state index contributed by atoms with van der Waals surface area (Å²) in [5, 5.41) is 2.13. The van der Waals surface area contributed by atoms with Gasteiger partial charge in [0.15, 0.2) is 18.0 Å². The van der Waals surface area contributed by atoms with E-state index in [1.807, 2.05) is 0 Å². The van der Waals surface area contributed by atoms with Crippen LogP contribution in [0.15, 0.2) is 29.6 Å². The quantitative estimate of drug-likeness (QED) is 0.794. The molecule has 1 amide bonds. The molecule has 1 aromatic carbocycles. The van der Waals surface area contributed by atoms with E-state index in [-0.39, 0.29) is 6.04 Å². The summed E-state index contributed by atoms with van der Waals surface area (Å²) in [5.41, 5.74) is 2.56. The maximum absolute atomic E-state index is 13.2. The van der Waals surface area contributed by atoms with E-state index < -0.39 is 0 Å². The van der Waals surface area contributed by atoms with Gasteiger partial charge in [-0.1, -0.05) is 25.3 Å². The van der Waals surface area contributed by atoms with Crippen LogP contribution >= 0.6 is 11.3 Å². The summed E-state index contributed by atoms with van der Waals surface area (Å²) in [5.74, 6) is 1.84. The van der Waals surface area contributed by atoms with E-state index in [9.17, 15) is 4.79 Å².